The lowest BCUT2D eigenvalue weighted by Gasteiger charge is -2.22. The summed E-state index contributed by atoms with van der Waals surface area (Å²) in [7, 11) is 0. The van der Waals surface area contributed by atoms with E-state index >= 15 is 0 Å². The summed E-state index contributed by atoms with van der Waals surface area (Å²) in [5.74, 6) is 0. The molecule has 0 spiro atoms. The second-order valence-corrected chi connectivity index (χ2v) is 12.7. The van der Waals surface area contributed by atoms with E-state index in [2.05, 4.69) is 107 Å². The van der Waals surface area contributed by atoms with Gasteiger partial charge in [-0.2, -0.15) is 10.5 Å². The summed E-state index contributed by atoms with van der Waals surface area (Å²) in [4.78, 5) is 3.72. The largest absolute Gasteiger partial charge is 0.309 e. The van der Waals surface area contributed by atoms with Gasteiger partial charge in [-0.05, 0) is 95.1 Å². The lowest BCUT2D eigenvalue weighted by atomic mass is 9.80. The highest BCUT2D eigenvalue weighted by molar-refractivity contribution is 6.15. The number of aromatic nitrogens is 2. The van der Waals surface area contributed by atoms with Crippen LogP contribution in [0, 0.1) is 29.2 Å². The van der Waals surface area contributed by atoms with E-state index < -0.39 is 0 Å². The average molecular weight is 600 g/mol. The standard InChI is InChI=1S/C42H25N5/c1-42(2)35-15-13-27(45-3)21-32(35)30-14-18-39-40(41(30)42)31-9-4-5-10-36(31)47(39)29-8-6-7-28(22-29)46-37-16-11-25(23-43)19-33(37)34-20-26(24-44)12-17-38(34)46/h4-22H,1-2H3. The predicted octanol–water partition coefficient (Wildman–Crippen LogP) is 10.5. The number of benzene rings is 6. The van der Waals surface area contributed by atoms with Crippen molar-refractivity contribution in [2.24, 2.45) is 0 Å². The molecule has 0 saturated heterocycles. The van der Waals surface area contributed by atoms with Crippen molar-refractivity contribution in [1.82, 2.24) is 9.13 Å². The van der Waals surface area contributed by atoms with Crippen molar-refractivity contribution in [1.29, 1.82) is 10.5 Å². The van der Waals surface area contributed by atoms with Crippen molar-refractivity contribution in [2.75, 3.05) is 0 Å². The Morgan fingerprint density at radius 3 is 1.87 bits per heavy atom. The van der Waals surface area contributed by atoms with E-state index in [1.807, 2.05) is 48.5 Å². The third-order valence-electron chi connectivity index (χ3n) is 9.93. The van der Waals surface area contributed by atoms with Crippen LogP contribution in [0.15, 0.2) is 115 Å². The maximum Gasteiger partial charge on any atom is 0.187 e. The van der Waals surface area contributed by atoms with Crippen LogP contribution in [-0.2, 0) is 5.41 Å². The Balaban J connectivity index is 1.32. The number of rotatable bonds is 2. The van der Waals surface area contributed by atoms with Gasteiger partial charge in [0.25, 0.3) is 0 Å². The molecule has 5 heteroatoms. The van der Waals surface area contributed by atoms with E-state index in [1.165, 1.54) is 27.5 Å². The first kappa shape index (κ1) is 26.8. The molecule has 9 rings (SSSR count). The molecular formula is C42H25N5. The quantitative estimate of drug-likeness (QED) is 0.186. The second kappa shape index (κ2) is 9.45. The van der Waals surface area contributed by atoms with Gasteiger partial charge in [0.05, 0.1) is 51.9 Å². The Morgan fingerprint density at radius 2 is 1.21 bits per heavy atom. The van der Waals surface area contributed by atoms with Crippen molar-refractivity contribution in [3.05, 3.63) is 149 Å². The van der Waals surface area contributed by atoms with Gasteiger partial charge in [-0.25, -0.2) is 4.85 Å². The number of hydrogen-bond donors (Lipinski definition) is 0. The number of para-hydroxylation sites is 1. The van der Waals surface area contributed by atoms with Crippen molar-refractivity contribution in [2.45, 2.75) is 19.3 Å². The van der Waals surface area contributed by atoms with Crippen molar-refractivity contribution >= 4 is 49.3 Å². The predicted molar refractivity (Wildman–Crippen MR) is 188 cm³/mol. The molecule has 0 N–H and O–H groups in total. The summed E-state index contributed by atoms with van der Waals surface area (Å²) in [5.41, 5.74) is 12.7. The highest BCUT2D eigenvalue weighted by Crippen LogP contribution is 2.54. The minimum absolute atomic E-state index is 0.241. The molecule has 218 valence electrons. The van der Waals surface area contributed by atoms with Crippen LogP contribution in [0.3, 0.4) is 0 Å². The Labute approximate surface area is 271 Å². The summed E-state index contributed by atoms with van der Waals surface area (Å²) in [5, 5.41) is 23.6. The van der Waals surface area contributed by atoms with Crippen LogP contribution in [0.2, 0.25) is 0 Å². The van der Waals surface area contributed by atoms with E-state index in [4.69, 9.17) is 6.57 Å². The molecular weight excluding hydrogens is 574 g/mol. The van der Waals surface area contributed by atoms with Gasteiger partial charge in [0, 0.05) is 38.3 Å². The molecule has 47 heavy (non-hydrogen) atoms. The summed E-state index contributed by atoms with van der Waals surface area (Å²) < 4.78 is 4.57. The van der Waals surface area contributed by atoms with Crippen LogP contribution in [0.5, 0.6) is 0 Å². The summed E-state index contributed by atoms with van der Waals surface area (Å²) in [6.45, 7) is 12.2. The van der Waals surface area contributed by atoms with Crippen LogP contribution in [0.25, 0.3) is 71.0 Å². The van der Waals surface area contributed by atoms with Crippen molar-refractivity contribution < 1.29 is 0 Å². The lowest BCUT2D eigenvalue weighted by molar-refractivity contribution is 0.666. The molecule has 0 radical (unpaired) electrons. The van der Waals surface area contributed by atoms with Crippen LogP contribution < -0.4 is 0 Å². The Morgan fingerprint density at radius 1 is 0.596 bits per heavy atom. The van der Waals surface area contributed by atoms with Gasteiger partial charge >= 0.3 is 0 Å². The molecule has 0 fully saturated rings. The fourth-order valence-corrected chi connectivity index (χ4v) is 7.93. The van der Waals surface area contributed by atoms with Gasteiger partial charge < -0.3 is 9.13 Å². The first-order valence-corrected chi connectivity index (χ1v) is 15.5. The second-order valence-electron chi connectivity index (χ2n) is 12.7. The van der Waals surface area contributed by atoms with E-state index in [1.54, 1.807) is 0 Å². The Bertz CT molecular complexity index is 2730. The van der Waals surface area contributed by atoms with Gasteiger partial charge in [-0.3, -0.25) is 0 Å². The van der Waals surface area contributed by atoms with E-state index in [0.717, 1.165) is 49.8 Å². The minimum atomic E-state index is -0.241. The van der Waals surface area contributed by atoms with Gasteiger partial charge in [-0.15, -0.1) is 0 Å². The zero-order chi connectivity index (χ0) is 32.0. The summed E-state index contributed by atoms with van der Waals surface area (Å²) >= 11 is 0. The summed E-state index contributed by atoms with van der Waals surface area (Å²) in [6.07, 6.45) is 0. The number of fused-ring (bicyclic) bond motifs is 10. The number of hydrogen-bond acceptors (Lipinski definition) is 2. The Kier molecular flexibility index (Phi) is 5.38. The molecule has 2 heterocycles. The number of nitrogens with zero attached hydrogens (tertiary/aromatic N) is 5. The maximum absolute atomic E-state index is 9.65. The van der Waals surface area contributed by atoms with Crippen LogP contribution in [0.4, 0.5) is 5.69 Å². The molecule has 5 nitrogen and oxygen atoms in total. The molecule has 1 aliphatic rings. The smallest absolute Gasteiger partial charge is 0.187 e. The molecule has 0 amide bonds. The van der Waals surface area contributed by atoms with Gasteiger partial charge in [0.2, 0.25) is 0 Å². The van der Waals surface area contributed by atoms with Crippen LogP contribution in [0.1, 0.15) is 36.1 Å². The Hall–Kier alpha value is -6.61. The highest BCUT2D eigenvalue weighted by atomic mass is 15.0. The lowest BCUT2D eigenvalue weighted by Crippen LogP contribution is -2.15. The zero-order valence-electron chi connectivity index (χ0n) is 25.7. The molecule has 0 bridgehead atoms. The van der Waals surface area contributed by atoms with Gasteiger partial charge in [0.1, 0.15) is 0 Å². The van der Waals surface area contributed by atoms with Crippen molar-refractivity contribution in [3.63, 3.8) is 0 Å². The summed E-state index contributed by atoms with van der Waals surface area (Å²) in [6, 6.07) is 43.8. The van der Waals surface area contributed by atoms with E-state index in [9.17, 15) is 10.5 Å². The third kappa shape index (κ3) is 3.56. The third-order valence-corrected chi connectivity index (χ3v) is 9.93. The molecule has 0 atom stereocenters. The zero-order valence-corrected chi connectivity index (χ0v) is 25.7. The first-order valence-electron chi connectivity index (χ1n) is 15.5. The molecule has 0 aliphatic heterocycles. The fraction of sp³-hybridized carbons (Fsp3) is 0.0714. The maximum atomic E-state index is 9.65. The van der Waals surface area contributed by atoms with Crippen LogP contribution >= 0.6 is 0 Å². The highest BCUT2D eigenvalue weighted by Gasteiger charge is 2.38. The van der Waals surface area contributed by atoms with Crippen molar-refractivity contribution in [3.8, 4) is 34.6 Å². The van der Waals surface area contributed by atoms with Gasteiger partial charge in [0.15, 0.2) is 5.69 Å². The minimum Gasteiger partial charge on any atom is -0.309 e. The fourth-order valence-electron chi connectivity index (χ4n) is 7.93. The first-order chi connectivity index (χ1) is 22.9. The van der Waals surface area contributed by atoms with Gasteiger partial charge in [-0.1, -0.05) is 56.3 Å². The molecule has 2 aromatic heterocycles. The molecule has 6 aromatic carbocycles. The number of nitriles is 2. The monoisotopic (exact) mass is 599 g/mol. The SMILES string of the molecule is [C-]#[N+]c1ccc2c(c1)-c1ccc3c(c1C2(C)C)c1ccccc1n3-c1cccc(-n2c3ccc(C#N)cc3c3cc(C#N)ccc32)c1. The normalized spacial score (nSPS) is 13.0. The topological polar surface area (TPSA) is 61.8 Å². The van der Waals surface area contributed by atoms with E-state index in [0.29, 0.717) is 16.8 Å². The molecule has 0 saturated carbocycles. The molecule has 8 aromatic rings. The van der Waals surface area contributed by atoms with E-state index in [-0.39, 0.29) is 5.41 Å². The average Bonchev–Trinajstić information content (AvgIpc) is 3.70. The molecule has 0 unspecified atom stereocenters. The van der Waals surface area contributed by atoms with Crippen LogP contribution in [-0.4, -0.2) is 9.13 Å². The molecule has 1 aliphatic carbocycles.